The first-order chi connectivity index (χ1) is 20.5. The van der Waals surface area contributed by atoms with Crippen LogP contribution in [0, 0.1) is 19.7 Å². The van der Waals surface area contributed by atoms with Crippen molar-refractivity contribution in [1.29, 1.82) is 0 Å². The van der Waals surface area contributed by atoms with Gasteiger partial charge >= 0.3 is 11.9 Å². The monoisotopic (exact) mass is 623 g/mol. The highest BCUT2D eigenvalue weighted by atomic mass is 35.5. The Hall–Kier alpha value is -4.02. The number of fused-ring (bicyclic) bond motifs is 2. The second kappa shape index (κ2) is 12.3. The van der Waals surface area contributed by atoms with E-state index in [1.807, 2.05) is 31.5 Å². The number of nitrogens with zero attached hydrogens (tertiary/aromatic N) is 3. The van der Waals surface area contributed by atoms with Gasteiger partial charge in [0.15, 0.2) is 0 Å². The molecule has 0 aliphatic heterocycles. The molecule has 2 heterocycles. The molecule has 43 heavy (non-hydrogen) atoms. The van der Waals surface area contributed by atoms with E-state index in [1.54, 1.807) is 28.9 Å². The minimum absolute atomic E-state index is 0.0190. The molecule has 0 bridgehead atoms. The van der Waals surface area contributed by atoms with Gasteiger partial charge in [0, 0.05) is 63.5 Å². The first-order valence-corrected chi connectivity index (χ1v) is 14.4. The molecule has 0 spiro atoms. The van der Waals surface area contributed by atoms with Gasteiger partial charge in [-0.2, -0.15) is 5.10 Å². The Morgan fingerprint density at radius 3 is 2.58 bits per heavy atom. The highest BCUT2D eigenvalue weighted by molar-refractivity contribution is 7.80. The number of aryl methyl sites for hydroxylation is 3. The smallest absolute Gasteiger partial charge is 0.354 e. The number of benzene rings is 3. The molecule has 0 saturated heterocycles. The molecule has 0 radical (unpaired) electrons. The van der Waals surface area contributed by atoms with Crippen molar-refractivity contribution < 1.29 is 28.2 Å². The third-order valence-electron chi connectivity index (χ3n) is 7.52. The Balaban J connectivity index is 1.54. The third kappa shape index (κ3) is 5.81. The fourth-order valence-corrected chi connectivity index (χ4v) is 6.04. The predicted octanol–water partition coefficient (Wildman–Crippen LogP) is 7.21. The normalized spacial score (nSPS) is 11.3. The molecule has 0 unspecified atom stereocenters. The number of ether oxygens (including phenoxy) is 3. The summed E-state index contributed by atoms with van der Waals surface area (Å²) in [5.41, 5.74) is 4.74. The molecule has 0 atom stereocenters. The Morgan fingerprint density at radius 1 is 1.09 bits per heavy atom. The average Bonchev–Trinajstić information content (AvgIpc) is 3.40. The molecular formula is C32H31ClFN3O5S. The summed E-state index contributed by atoms with van der Waals surface area (Å²) in [4.78, 5) is 25.4. The van der Waals surface area contributed by atoms with Gasteiger partial charge in [0.25, 0.3) is 0 Å². The lowest BCUT2D eigenvalue weighted by atomic mass is 9.97. The van der Waals surface area contributed by atoms with E-state index in [0.717, 1.165) is 27.5 Å². The van der Waals surface area contributed by atoms with E-state index in [4.69, 9.17) is 25.8 Å². The van der Waals surface area contributed by atoms with E-state index >= 15 is 0 Å². The predicted molar refractivity (Wildman–Crippen MR) is 167 cm³/mol. The topological polar surface area (TPSA) is 84.6 Å². The van der Waals surface area contributed by atoms with Crippen molar-refractivity contribution in [3.8, 4) is 16.9 Å². The molecule has 11 heteroatoms. The van der Waals surface area contributed by atoms with E-state index < -0.39 is 11.9 Å². The van der Waals surface area contributed by atoms with Gasteiger partial charge in [-0.15, -0.1) is 12.6 Å². The Kier molecular flexibility index (Phi) is 8.71. The van der Waals surface area contributed by atoms with Crippen LogP contribution in [0.15, 0.2) is 47.4 Å². The summed E-state index contributed by atoms with van der Waals surface area (Å²) in [5.74, 6) is -0.624. The Labute approximate surface area is 258 Å². The minimum Gasteiger partial charge on any atom is -0.493 e. The fraction of sp³-hybridized carbons (Fsp3) is 0.281. The van der Waals surface area contributed by atoms with Gasteiger partial charge in [-0.3, -0.25) is 9.48 Å². The van der Waals surface area contributed by atoms with Crippen LogP contribution >= 0.6 is 24.2 Å². The molecule has 5 rings (SSSR count). The van der Waals surface area contributed by atoms with Crippen LogP contribution in [0.3, 0.4) is 0 Å². The molecule has 0 N–H and O–H groups in total. The number of rotatable bonds is 9. The van der Waals surface area contributed by atoms with Crippen molar-refractivity contribution in [2.24, 2.45) is 7.05 Å². The van der Waals surface area contributed by atoms with Crippen LogP contribution in [0.2, 0.25) is 5.02 Å². The SMILES string of the molecule is COC(=O)c1c(C)c2c(-c3c(COC(C)=O)nn(C)c3C)c(Cl)ccc2n1CCCOc1cc(S)cc2cc(F)ccc12. The van der Waals surface area contributed by atoms with Crippen molar-refractivity contribution in [1.82, 2.24) is 14.3 Å². The van der Waals surface area contributed by atoms with Crippen molar-refractivity contribution in [3.05, 3.63) is 75.9 Å². The average molecular weight is 624 g/mol. The third-order valence-corrected chi connectivity index (χ3v) is 8.09. The summed E-state index contributed by atoms with van der Waals surface area (Å²) in [6.45, 7) is 5.87. The number of methoxy groups -OCH3 is 1. The largest absolute Gasteiger partial charge is 0.493 e. The fourth-order valence-electron chi connectivity index (χ4n) is 5.54. The van der Waals surface area contributed by atoms with Crippen LogP contribution in [0.1, 0.15) is 40.8 Å². The number of carbonyl (C=O) groups is 2. The second-order valence-corrected chi connectivity index (χ2v) is 11.2. The van der Waals surface area contributed by atoms with Gasteiger partial charge in [-0.1, -0.05) is 11.6 Å². The van der Waals surface area contributed by atoms with Crippen molar-refractivity contribution in [2.75, 3.05) is 13.7 Å². The van der Waals surface area contributed by atoms with Crippen LogP contribution < -0.4 is 4.74 Å². The summed E-state index contributed by atoms with van der Waals surface area (Å²) < 4.78 is 34.0. The minimum atomic E-state index is -0.476. The summed E-state index contributed by atoms with van der Waals surface area (Å²) in [6, 6.07) is 11.8. The van der Waals surface area contributed by atoms with Crippen LogP contribution in [-0.2, 0) is 34.5 Å². The quantitative estimate of drug-likeness (QED) is 0.106. The summed E-state index contributed by atoms with van der Waals surface area (Å²) in [5, 5.41) is 7.32. The highest BCUT2D eigenvalue weighted by Gasteiger charge is 2.27. The lowest BCUT2D eigenvalue weighted by Gasteiger charge is -2.13. The zero-order valence-corrected chi connectivity index (χ0v) is 26.1. The molecule has 0 amide bonds. The number of aromatic nitrogens is 3. The molecule has 5 aromatic rings. The van der Waals surface area contributed by atoms with Crippen molar-refractivity contribution in [2.45, 2.75) is 45.2 Å². The Bertz CT molecular complexity index is 1890. The molecule has 224 valence electrons. The second-order valence-electron chi connectivity index (χ2n) is 10.3. The number of esters is 2. The zero-order chi connectivity index (χ0) is 31.0. The molecular weight excluding hydrogens is 593 g/mol. The van der Waals surface area contributed by atoms with Crippen LogP contribution in [0.4, 0.5) is 4.39 Å². The number of thiol groups is 1. The first kappa shape index (κ1) is 30.4. The molecule has 2 aromatic heterocycles. The standard InChI is InChI=1S/C32H31ClFN3O5S/c1-17-28-26(10-9-24(33)30(28)29-18(2)36(4)35-25(29)16-42-19(3)38)37(31(17)32(39)40-5)11-6-12-41-27-15-22(43)14-20-13-21(34)7-8-23(20)27/h7-10,13-15,43H,6,11-12,16H2,1-5H3. The summed E-state index contributed by atoms with van der Waals surface area (Å²) in [7, 11) is 3.16. The van der Waals surface area contributed by atoms with E-state index in [1.165, 1.54) is 26.2 Å². The number of carbonyl (C=O) groups excluding carboxylic acids is 2. The van der Waals surface area contributed by atoms with Gasteiger partial charge in [-0.05, 0) is 73.7 Å². The van der Waals surface area contributed by atoms with Gasteiger partial charge in [0.1, 0.15) is 29.6 Å². The van der Waals surface area contributed by atoms with Crippen LogP contribution in [0.25, 0.3) is 32.8 Å². The molecule has 8 nitrogen and oxygen atoms in total. The maximum atomic E-state index is 13.8. The van der Waals surface area contributed by atoms with E-state index in [2.05, 4.69) is 17.7 Å². The van der Waals surface area contributed by atoms with E-state index in [0.29, 0.717) is 63.1 Å². The van der Waals surface area contributed by atoms with Crippen molar-refractivity contribution >= 4 is 57.8 Å². The Morgan fingerprint density at radius 2 is 1.86 bits per heavy atom. The molecule has 0 aliphatic carbocycles. The summed E-state index contributed by atoms with van der Waals surface area (Å²) in [6.07, 6.45) is 0.550. The molecule has 3 aromatic carbocycles. The van der Waals surface area contributed by atoms with Gasteiger partial charge < -0.3 is 18.8 Å². The zero-order valence-electron chi connectivity index (χ0n) is 24.5. The van der Waals surface area contributed by atoms with E-state index in [-0.39, 0.29) is 12.4 Å². The maximum absolute atomic E-state index is 13.8. The lowest BCUT2D eigenvalue weighted by Crippen LogP contribution is -2.13. The van der Waals surface area contributed by atoms with Gasteiger partial charge in [0.2, 0.25) is 0 Å². The summed E-state index contributed by atoms with van der Waals surface area (Å²) >= 11 is 11.3. The van der Waals surface area contributed by atoms with E-state index in [9.17, 15) is 14.0 Å². The van der Waals surface area contributed by atoms with Gasteiger partial charge in [-0.25, -0.2) is 9.18 Å². The van der Waals surface area contributed by atoms with Gasteiger partial charge in [0.05, 0.1) is 13.7 Å². The highest BCUT2D eigenvalue weighted by Crippen LogP contribution is 2.42. The molecule has 0 aliphatic rings. The van der Waals surface area contributed by atoms with Crippen molar-refractivity contribution in [3.63, 3.8) is 0 Å². The number of hydrogen-bond acceptors (Lipinski definition) is 7. The maximum Gasteiger partial charge on any atom is 0.354 e. The lowest BCUT2D eigenvalue weighted by molar-refractivity contribution is -0.142. The number of halogens is 2. The van der Waals surface area contributed by atoms with Crippen LogP contribution in [-0.4, -0.2) is 40.0 Å². The van der Waals surface area contributed by atoms with Crippen LogP contribution in [0.5, 0.6) is 5.75 Å². The molecule has 0 saturated carbocycles. The molecule has 0 fully saturated rings. The first-order valence-electron chi connectivity index (χ1n) is 13.6. The number of hydrogen-bond donors (Lipinski definition) is 1.